The lowest BCUT2D eigenvalue weighted by molar-refractivity contribution is -0.117. The fourth-order valence-electron chi connectivity index (χ4n) is 3.72. The highest BCUT2D eigenvalue weighted by Crippen LogP contribution is 2.38. The van der Waals surface area contributed by atoms with E-state index in [0.29, 0.717) is 23.7 Å². The van der Waals surface area contributed by atoms with E-state index in [9.17, 15) is 9.59 Å². The monoisotopic (exact) mass is 402 g/mol. The summed E-state index contributed by atoms with van der Waals surface area (Å²) in [4.78, 5) is 26.8. The van der Waals surface area contributed by atoms with Gasteiger partial charge >= 0.3 is 0 Å². The maximum atomic E-state index is 12.9. The first-order chi connectivity index (χ1) is 14.4. The fourth-order valence-corrected chi connectivity index (χ4v) is 3.72. The summed E-state index contributed by atoms with van der Waals surface area (Å²) in [6.45, 7) is 2.57. The second-order valence-electron chi connectivity index (χ2n) is 8.10. The summed E-state index contributed by atoms with van der Waals surface area (Å²) < 4.78 is 5.27. The molecule has 1 aliphatic carbocycles. The van der Waals surface area contributed by atoms with Gasteiger partial charge in [-0.05, 0) is 65.1 Å². The molecule has 0 spiro atoms. The molecule has 0 heterocycles. The first kappa shape index (κ1) is 20.0. The number of carbonyl (C=O) groups excluding carboxylic acids is 2. The Hall–Kier alpha value is -3.34. The fraction of sp³-hybridized carbons (Fsp3) is 0.280. The minimum Gasteiger partial charge on any atom is -0.497 e. The quantitative estimate of drug-likeness (QED) is 0.649. The van der Waals surface area contributed by atoms with Gasteiger partial charge in [0.05, 0.1) is 7.11 Å². The maximum Gasteiger partial charge on any atom is 0.253 e. The Morgan fingerprint density at radius 2 is 1.80 bits per heavy atom. The molecular formula is C25H26N2O3. The van der Waals surface area contributed by atoms with Crippen LogP contribution >= 0.6 is 0 Å². The van der Waals surface area contributed by atoms with E-state index in [1.807, 2.05) is 36.4 Å². The highest BCUT2D eigenvalue weighted by atomic mass is 16.5. The third-order valence-corrected chi connectivity index (χ3v) is 5.70. The van der Waals surface area contributed by atoms with Crippen molar-refractivity contribution in [2.24, 2.45) is 11.8 Å². The first-order valence-corrected chi connectivity index (χ1v) is 10.2. The number of ether oxygens (including phenoxy) is 1. The van der Waals surface area contributed by atoms with E-state index in [0.717, 1.165) is 28.5 Å². The normalized spacial score (nSPS) is 17.4. The number of nitrogens with one attached hydrogen (secondary N) is 1. The number of nitrogens with zero attached hydrogens (tertiary/aromatic N) is 1. The minimum absolute atomic E-state index is 0.0354. The topological polar surface area (TPSA) is 58.6 Å². The second-order valence-corrected chi connectivity index (χ2v) is 8.10. The van der Waals surface area contributed by atoms with E-state index >= 15 is 0 Å². The average molecular weight is 402 g/mol. The zero-order valence-corrected chi connectivity index (χ0v) is 17.5. The number of rotatable bonds is 6. The molecule has 2 unspecified atom stereocenters. The van der Waals surface area contributed by atoms with Gasteiger partial charge in [-0.1, -0.05) is 31.2 Å². The number of hydrogen-bond acceptors (Lipinski definition) is 3. The molecule has 1 aliphatic rings. The summed E-state index contributed by atoms with van der Waals surface area (Å²) in [5, 5.41) is 5.13. The Morgan fingerprint density at radius 1 is 1.07 bits per heavy atom. The molecule has 4 rings (SSSR count). The van der Waals surface area contributed by atoms with Crippen LogP contribution in [0, 0.1) is 11.8 Å². The predicted molar refractivity (Wildman–Crippen MR) is 119 cm³/mol. The number of amides is 2. The molecule has 154 valence electrons. The van der Waals surface area contributed by atoms with Crippen molar-refractivity contribution in [3.8, 4) is 5.75 Å². The Kier molecular flexibility index (Phi) is 5.44. The van der Waals surface area contributed by atoms with Crippen LogP contribution in [0.2, 0.25) is 0 Å². The Balaban J connectivity index is 1.45. The van der Waals surface area contributed by atoms with Crippen LogP contribution in [0.15, 0.2) is 60.7 Å². The van der Waals surface area contributed by atoms with E-state index in [-0.39, 0.29) is 17.7 Å². The van der Waals surface area contributed by atoms with Gasteiger partial charge in [0.2, 0.25) is 5.91 Å². The van der Waals surface area contributed by atoms with Crippen molar-refractivity contribution >= 4 is 28.3 Å². The van der Waals surface area contributed by atoms with E-state index in [2.05, 4.69) is 18.3 Å². The summed E-state index contributed by atoms with van der Waals surface area (Å²) in [5.74, 6) is 1.32. The standard InChI is InChI=1S/C25H26N2O3/c1-16-11-23(16)24(28)26-21-6-4-5-20(13-21)25(29)27(2)15-17-7-8-19-14-22(30-3)10-9-18(19)12-17/h4-10,12-14,16,23H,11,15H2,1-3H3,(H,26,28). The van der Waals surface area contributed by atoms with Crippen LogP contribution in [0.1, 0.15) is 29.3 Å². The number of fused-ring (bicyclic) bond motifs is 1. The van der Waals surface area contributed by atoms with Crippen LogP contribution in [-0.2, 0) is 11.3 Å². The lowest BCUT2D eigenvalue weighted by atomic mass is 10.1. The van der Waals surface area contributed by atoms with Crippen LogP contribution in [0.25, 0.3) is 10.8 Å². The van der Waals surface area contributed by atoms with Crippen LogP contribution in [0.5, 0.6) is 5.75 Å². The molecule has 0 bridgehead atoms. The first-order valence-electron chi connectivity index (χ1n) is 10.2. The van der Waals surface area contributed by atoms with Gasteiger partial charge in [-0.2, -0.15) is 0 Å². The van der Waals surface area contributed by atoms with Crippen molar-refractivity contribution < 1.29 is 14.3 Å². The molecule has 1 saturated carbocycles. The van der Waals surface area contributed by atoms with Gasteiger partial charge in [0.15, 0.2) is 0 Å². The molecule has 2 atom stereocenters. The van der Waals surface area contributed by atoms with Crippen LogP contribution in [0.4, 0.5) is 5.69 Å². The van der Waals surface area contributed by atoms with Gasteiger partial charge in [0.1, 0.15) is 5.75 Å². The van der Waals surface area contributed by atoms with E-state index in [4.69, 9.17) is 4.74 Å². The molecule has 1 N–H and O–H groups in total. The number of carbonyl (C=O) groups is 2. The summed E-state index contributed by atoms with van der Waals surface area (Å²) in [7, 11) is 3.45. The van der Waals surface area contributed by atoms with Gasteiger partial charge in [-0.15, -0.1) is 0 Å². The number of anilines is 1. The summed E-state index contributed by atoms with van der Waals surface area (Å²) in [6, 6.07) is 19.3. The molecule has 0 aromatic heterocycles. The predicted octanol–water partition coefficient (Wildman–Crippen LogP) is 4.72. The molecule has 0 saturated heterocycles. The molecule has 5 heteroatoms. The molecule has 3 aromatic rings. The van der Waals surface area contributed by atoms with Gasteiger partial charge in [-0.25, -0.2) is 0 Å². The van der Waals surface area contributed by atoms with Crippen molar-refractivity contribution in [1.82, 2.24) is 4.90 Å². The molecule has 30 heavy (non-hydrogen) atoms. The summed E-state index contributed by atoms with van der Waals surface area (Å²) >= 11 is 0. The van der Waals surface area contributed by atoms with Crippen molar-refractivity contribution in [2.45, 2.75) is 19.9 Å². The van der Waals surface area contributed by atoms with Crippen LogP contribution in [-0.4, -0.2) is 30.9 Å². The van der Waals surface area contributed by atoms with Crippen molar-refractivity contribution in [3.05, 3.63) is 71.8 Å². The van der Waals surface area contributed by atoms with Gasteiger partial charge in [-0.3, -0.25) is 9.59 Å². The van der Waals surface area contributed by atoms with E-state index in [1.54, 1.807) is 37.3 Å². The molecule has 0 aliphatic heterocycles. The summed E-state index contributed by atoms with van der Waals surface area (Å²) in [5.41, 5.74) is 2.28. The van der Waals surface area contributed by atoms with Crippen LogP contribution in [0.3, 0.4) is 0 Å². The van der Waals surface area contributed by atoms with Gasteiger partial charge in [0, 0.05) is 30.8 Å². The lowest BCUT2D eigenvalue weighted by Crippen LogP contribution is -2.26. The van der Waals surface area contributed by atoms with Crippen LogP contribution < -0.4 is 10.1 Å². The molecule has 3 aromatic carbocycles. The number of methoxy groups -OCH3 is 1. The van der Waals surface area contributed by atoms with E-state index < -0.39 is 0 Å². The Morgan fingerprint density at radius 3 is 2.53 bits per heavy atom. The molecular weight excluding hydrogens is 376 g/mol. The SMILES string of the molecule is COc1ccc2cc(CN(C)C(=O)c3cccc(NC(=O)C4CC4C)c3)ccc2c1. The molecule has 5 nitrogen and oxygen atoms in total. The zero-order chi connectivity index (χ0) is 21.3. The highest BCUT2D eigenvalue weighted by molar-refractivity contribution is 5.98. The highest BCUT2D eigenvalue weighted by Gasteiger charge is 2.39. The number of hydrogen-bond donors (Lipinski definition) is 1. The Labute approximate surface area is 176 Å². The molecule has 2 amide bonds. The third-order valence-electron chi connectivity index (χ3n) is 5.70. The molecule has 0 radical (unpaired) electrons. The summed E-state index contributed by atoms with van der Waals surface area (Å²) in [6.07, 6.45) is 0.936. The van der Waals surface area contributed by atoms with Gasteiger partial charge in [0.25, 0.3) is 5.91 Å². The average Bonchev–Trinajstić information content (AvgIpc) is 3.49. The maximum absolute atomic E-state index is 12.9. The zero-order valence-electron chi connectivity index (χ0n) is 17.5. The third kappa shape index (κ3) is 4.30. The smallest absolute Gasteiger partial charge is 0.253 e. The van der Waals surface area contributed by atoms with Crippen molar-refractivity contribution in [1.29, 1.82) is 0 Å². The van der Waals surface area contributed by atoms with Gasteiger partial charge < -0.3 is 15.0 Å². The van der Waals surface area contributed by atoms with E-state index in [1.165, 1.54) is 0 Å². The lowest BCUT2D eigenvalue weighted by Gasteiger charge is -2.18. The van der Waals surface area contributed by atoms with Crippen molar-refractivity contribution in [3.63, 3.8) is 0 Å². The second kappa shape index (κ2) is 8.19. The van der Waals surface area contributed by atoms with Crippen molar-refractivity contribution in [2.75, 3.05) is 19.5 Å². The largest absolute Gasteiger partial charge is 0.497 e. The molecule has 1 fully saturated rings. The Bertz CT molecular complexity index is 1110. The minimum atomic E-state index is -0.0827. The number of benzene rings is 3.